The molecule has 0 spiro atoms. The van der Waals surface area contributed by atoms with Crippen LogP contribution in [0, 0.1) is 0 Å². The molecule has 0 aliphatic heterocycles. The van der Waals surface area contributed by atoms with Gasteiger partial charge in [0.15, 0.2) is 11.3 Å². The van der Waals surface area contributed by atoms with Gasteiger partial charge in [-0.05, 0) is 25.3 Å². The van der Waals surface area contributed by atoms with E-state index in [4.69, 9.17) is 4.74 Å². The molecule has 0 atom stereocenters. The first-order valence-corrected chi connectivity index (χ1v) is 7.65. The number of nitrogens with one attached hydrogen (secondary N) is 1. The monoisotopic (exact) mass is 342 g/mol. The standard InChI is InChI=1S/C15H17F3N4O2/c1-24-6-2-5-19-14(23)11-8-13-20-10(9-3-4-9)7-12(15(16,17)18)22(13)21-11/h7-9H,2-6H2,1H3,(H,19,23). The second-order valence-electron chi connectivity index (χ2n) is 5.74. The number of rotatable bonds is 6. The van der Waals surface area contributed by atoms with Gasteiger partial charge in [0, 0.05) is 37.9 Å². The van der Waals surface area contributed by atoms with Gasteiger partial charge in [-0.1, -0.05) is 0 Å². The highest BCUT2D eigenvalue weighted by atomic mass is 19.4. The molecule has 1 aliphatic carbocycles. The Morgan fingerprint density at radius 2 is 2.17 bits per heavy atom. The molecule has 0 aromatic carbocycles. The van der Waals surface area contributed by atoms with Crippen molar-refractivity contribution in [3.63, 3.8) is 0 Å². The zero-order valence-electron chi connectivity index (χ0n) is 13.1. The minimum atomic E-state index is -4.57. The van der Waals surface area contributed by atoms with E-state index in [0.29, 0.717) is 29.8 Å². The zero-order chi connectivity index (χ0) is 17.3. The zero-order valence-corrected chi connectivity index (χ0v) is 13.1. The van der Waals surface area contributed by atoms with Gasteiger partial charge in [0.1, 0.15) is 5.69 Å². The van der Waals surface area contributed by atoms with Gasteiger partial charge in [-0.3, -0.25) is 4.79 Å². The first kappa shape index (κ1) is 16.7. The number of hydrogen-bond donors (Lipinski definition) is 1. The molecule has 2 aromatic heterocycles. The lowest BCUT2D eigenvalue weighted by atomic mass is 10.2. The normalized spacial score (nSPS) is 15.0. The van der Waals surface area contributed by atoms with Gasteiger partial charge in [0.25, 0.3) is 5.91 Å². The molecule has 1 fully saturated rings. The Morgan fingerprint density at radius 1 is 1.42 bits per heavy atom. The summed E-state index contributed by atoms with van der Waals surface area (Å²) in [6.07, 6.45) is -2.29. The number of aromatic nitrogens is 3. The van der Waals surface area contributed by atoms with Crippen LogP contribution in [0.2, 0.25) is 0 Å². The number of methoxy groups -OCH3 is 1. The average molecular weight is 342 g/mol. The lowest BCUT2D eigenvalue weighted by Crippen LogP contribution is -2.25. The number of carbonyl (C=O) groups excluding carboxylic acids is 1. The van der Waals surface area contributed by atoms with Crippen molar-refractivity contribution in [2.24, 2.45) is 0 Å². The van der Waals surface area contributed by atoms with Crippen molar-refractivity contribution in [2.75, 3.05) is 20.3 Å². The molecular weight excluding hydrogens is 325 g/mol. The molecule has 130 valence electrons. The summed E-state index contributed by atoms with van der Waals surface area (Å²) in [5.41, 5.74) is -0.554. The molecule has 1 N–H and O–H groups in total. The fraction of sp³-hybridized carbons (Fsp3) is 0.533. The van der Waals surface area contributed by atoms with Gasteiger partial charge in [-0.15, -0.1) is 0 Å². The Bertz CT molecular complexity index is 753. The van der Waals surface area contributed by atoms with Crippen molar-refractivity contribution in [3.8, 4) is 0 Å². The van der Waals surface area contributed by atoms with E-state index in [1.165, 1.54) is 6.07 Å². The van der Waals surface area contributed by atoms with Crippen LogP contribution in [0.4, 0.5) is 13.2 Å². The van der Waals surface area contributed by atoms with E-state index in [0.717, 1.165) is 18.9 Å². The first-order chi connectivity index (χ1) is 11.4. The van der Waals surface area contributed by atoms with Gasteiger partial charge in [0.2, 0.25) is 0 Å². The number of amides is 1. The summed E-state index contributed by atoms with van der Waals surface area (Å²) in [4.78, 5) is 16.3. The maximum absolute atomic E-state index is 13.3. The van der Waals surface area contributed by atoms with E-state index >= 15 is 0 Å². The summed E-state index contributed by atoms with van der Waals surface area (Å²) in [5.74, 6) is -0.463. The van der Waals surface area contributed by atoms with E-state index in [1.54, 1.807) is 7.11 Å². The van der Waals surface area contributed by atoms with Crippen LogP contribution in [0.1, 0.15) is 47.1 Å². The highest BCUT2D eigenvalue weighted by Crippen LogP contribution is 2.41. The van der Waals surface area contributed by atoms with Crippen molar-refractivity contribution in [3.05, 3.63) is 29.2 Å². The predicted octanol–water partition coefficient (Wildman–Crippen LogP) is 2.39. The Labute approximate surface area is 136 Å². The van der Waals surface area contributed by atoms with Crippen LogP contribution in [0.5, 0.6) is 0 Å². The topological polar surface area (TPSA) is 68.5 Å². The molecule has 2 aromatic rings. The molecule has 0 saturated heterocycles. The molecule has 0 unspecified atom stereocenters. The molecular formula is C15H17F3N4O2. The lowest BCUT2D eigenvalue weighted by molar-refractivity contribution is -0.142. The van der Waals surface area contributed by atoms with Gasteiger partial charge < -0.3 is 10.1 Å². The van der Waals surface area contributed by atoms with Crippen molar-refractivity contribution >= 4 is 11.6 Å². The van der Waals surface area contributed by atoms with Crippen LogP contribution in [0.15, 0.2) is 12.1 Å². The van der Waals surface area contributed by atoms with Crippen LogP contribution in [0.25, 0.3) is 5.65 Å². The number of alkyl halides is 3. The van der Waals surface area contributed by atoms with E-state index < -0.39 is 17.8 Å². The molecule has 6 nitrogen and oxygen atoms in total. The van der Waals surface area contributed by atoms with Crippen LogP contribution in [-0.4, -0.2) is 40.8 Å². The summed E-state index contributed by atoms with van der Waals surface area (Å²) < 4.78 is 45.4. The Balaban J connectivity index is 1.90. The predicted molar refractivity (Wildman–Crippen MR) is 78.8 cm³/mol. The number of nitrogens with zero attached hydrogens (tertiary/aromatic N) is 3. The minimum absolute atomic E-state index is 0.0359. The van der Waals surface area contributed by atoms with Crippen LogP contribution in [-0.2, 0) is 10.9 Å². The second-order valence-corrected chi connectivity index (χ2v) is 5.74. The van der Waals surface area contributed by atoms with E-state index in [1.807, 2.05) is 0 Å². The van der Waals surface area contributed by atoms with Crippen LogP contribution >= 0.6 is 0 Å². The maximum Gasteiger partial charge on any atom is 0.433 e. The summed E-state index contributed by atoms with van der Waals surface area (Å²) in [5, 5.41) is 6.39. The highest BCUT2D eigenvalue weighted by Gasteiger charge is 2.37. The van der Waals surface area contributed by atoms with Gasteiger partial charge in [-0.2, -0.15) is 18.3 Å². The fourth-order valence-corrected chi connectivity index (χ4v) is 2.40. The van der Waals surface area contributed by atoms with Gasteiger partial charge in [-0.25, -0.2) is 9.50 Å². The molecule has 24 heavy (non-hydrogen) atoms. The van der Waals surface area contributed by atoms with Crippen molar-refractivity contribution in [1.29, 1.82) is 0 Å². The van der Waals surface area contributed by atoms with Crippen molar-refractivity contribution in [1.82, 2.24) is 19.9 Å². The Morgan fingerprint density at radius 3 is 2.79 bits per heavy atom. The molecule has 1 aliphatic rings. The van der Waals surface area contributed by atoms with Crippen molar-refractivity contribution in [2.45, 2.75) is 31.4 Å². The maximum atomic E-state index is 13.3. The SMILES string of the molecule is COCCCNC(=O)c1cc2nc(C3CC3)cc(C(F)(F)F)n2n1. The molecule has 9 heteroatoms. The smallest absolute Gasteiger partial charge is 0.385 e. The largest absolute Gasteiger partial charge is 0.433 e. The summed E-state index contributed by atoms with van der Waals surface area (Å²) in [6, 6.07) is 2.31. The highest BCUT2D eigenvalue weighted by molar-refractivity contribution is 5.93. The number of hydrogen-bond acceptors (Lipinski definition) is 4. The third-order valence-electron chi connectivity index (χ3n) is 3.78. The molecule has 0 radical (unpaired) electrons. The first-order valence-electron chi connectivity index (χ1n) is 7.65. The fourth-order valence-electron chi connectivity index (χ4n) is 2.40. The number of fused-ring (bicyclic) bond motifs is 1. The van der Waals surface area contributed by atoms with Gasteiger partial charge in [0.05, 0.1) is 0 Å². The molecule has 1 amide bonds. The van der Waals surface area contributed by atoms with E-state index in [-0.39, 0.29) is 17.3 Å². The number of carbonyl (C=O) groups is 1. The number of ether oxygens (including phenoxy) is 1. The van der Waals surface area contributed by atoms with E-state index in [2.05, 4.69) is 15.4 Å². The van der Waals surface area contributed by atoms with Crippen molar-refractivity contribution < 1.29 is 22.7 Å². The second kappa shape index (κ2) is 6.39. The Kier molecular flexibility index (Phi) is 4.44. The summed E-state index contributed by atoms with van der Waals surface area (Å²) >= 11 is 0. The third-order valence-corrected chi connectivity index (χ3v) is 3.78. The third kappa shape index (κ3) is 3.50. The summed E-state index contributed by atoms with van der Waals surface area (Å²) in [7, 11) is 1.55. The van der Waals surface area contributed by atoms with Crippen LogP contribution in [0.3, 0.4) is 0 Å². The van der Waals surface area contributed by atoms with Gasteiger partial charge >= 0.3 is 6.18 Å². The minimum Gasteiger partial charge on any atom is -0.385 e. The Hall–Kier alpha value is -2.16. The molecule has 1 saturated carbocycles. The van der Waals surface area contributed by atoms with Crippen LogP contribution < -0.4 is 5.32 Å². The molecule has 0 bridgehead atoms. The van der Waals surface area contributed by atoms with E-state index in [9.17, 15) is 18.0 Å². The quantitative estimate of drug-likeness (QED) is 0.819. The molecule has 2 heterocycles. The average Bonchev–Trinajstić information content (AvgIpc) is 3.28. The lowest BCUT2D eigenvalue weighted by Gasteiger charge is -2.10. The molecule has 3 rings (SSSR count). The summed E-state index contributed by atoms with van der Waals surface area (Å²) in [6.45, 7) is 0.837. The number of halogens is 3.